The third-order valence-electron chi connectivity index (χ3n) is 8.77. The van der Waals surface area contributed by atoms with E-state index in [0.717, 1.165) is 57.8 Å². The summed E-state index contributed by atoms with van der Waals surface area (Å²) in [5, 5.41) is 3.00. The molecular formula is C31H42F3N5O3. The molecule has 1 aromatic carbocycles. The van der Waals surface area contributed by atoms with Crippen molar-refractivity contribution in [2.24, 2.45) is 11.8 Å². The molecule has 0 unspecified atom stereocenters. The lowest BCUT2D eigenvalue weighted by atomic mass is 9.80. The van der Waals surface area contributed by atoms with Crippen molar-refractivity contribution in [3.05, 3.63) is 41.2 Å². The molecule has 0 radical (unpaired) electrons. The number of carbonyl (C=O) groups is 2. The van der Waals surface area contributed by atoms with Crippen LogP contribution in [0.5, 0.6) is 5.75 Å². The van der Waals surface area contributed by atoms with Crippen molar-refractivity contribution in [3.8, 4) is 5.75 Å². The fourth-order valence-electron chi connectivity index (χ4n) is 6.22. The third-order valence-corrected chi connectivity index (χ3v) is 8.77. The molecule has 1 amide bonds. The second-order valence-corrected chi connectivity index (χ2v) is 11.6. The van der Waals surface area contributed by atoms with E-state index in [2.05, 4.69) is 27.2 Å². The summed E-state index contributed by atoms with van der Waals surface area (Å²) in [6, 6.07) is 4.88. The number of likely N-dealkylation sites (tertiary alicyclic amines) is 1. The normalized spacial score (nSPS) is 20.3. The van der Waals surface area contributed by atoms with Crippen LogP contribution >= 0.6 is 0 Å². The van der Waals surface area contributed by atoms with Gasteiger partial charge in [0.2, 0.25) is 11.9 Å². The van der Waals surface area contributed by atoms with E-state index >= 15 is 0 Å². The molecule has 2 fully saturated rings. The number of carbonyl (C=O) groups excluding carboxylic acids is 2. The molecule has 42 heavy (non-hydrogen) atoms. The Hall–Kier alpha value is -3.21. The van der Waals surface area contributed by atoms with Gasteiger partial charge in [-0.15, -0.1) is 0 Å². The van der Waals surface area contributed by atoms with E-state index in [4.69, 9.17) is 4.74 Å². The molecule has 2 aliphatic rings. The standard InChI is InChI=1S/C31H42F3N5O3/c1-5-29(41)39(3)26-9-7-6-8-21(26)17-25-23(31(32,33)34)19-35-30(37-25)36-24-11-10-22(18-28(24)42-4)27(40)16-20-12-14-38(2)15-13-20/h10-11,18-21,26H,5-9,12-17H2,1-4H3,(H,35,36,37)/t21-,26+/m0/s1. The molecular weight excluding hydrogens is 547 g/mol. The van der Waals surface area contributed by atoms with Crippen LogP contribution in [0.1, 0.15) is 79.9 Å². The van der Waals surface area contributed by atoms with Crippen LogP contribution in [0.4, 0.5) is 24.8 Å². The van der Waals surface area contributed by atoms with E-state index in [1.807, 2.05) is 0 Å². The molecule has 2 aromatic rings. The smallest absolute Gasteiger partial charge is 0.419 e. The molecule has 2 atom stereocenters. The average Bonchev–Trinajstić information content (AvgIpc) is 2.97. The fourth-order valence-corrected chi connectivity index (χ4v) is 6.22. The van der Waals surface area contributed by atoms with Crippen molar-refractivity contribution < 1.29 is 27.5 Å². The van der Waals surface area contributed by atoms with Gasteiger partial charge in [0.25, 0.3) is 0 Å². The highest BCUT2D eigenvalue weighted by atomic mass is 19.4. The molecule has 11 heteroatoms. The molecule has 2 heterocycles. The van der Waals surface area contributed by atoms with Gasteiger partial charge in [-0.1, -0.05) is 19.8 Å². The Kier molecular flexibility index (Phi) is 10.5. The van der Waals surface area contributed by atoms with E-state index in [9.17, 15) is 22.8 Å². The first kappa shape index (κ1) is 31.7. The summed E-state index contributed by atoms with van der Waals surface area (Å²) < 4.78 is 47.5. The van der Waals surface area contributed by atoms with Gasteiger partial charge in [0.1, 0.15) is 5.75 Å². The monoisotopic (exact) mass is 589 g/mol. The minimum atomic E-state index is -4.61. The zero-order valence-corrected chi connectivity index (χ0v) is 25.0. The van der Waals surface area contributed by atoms with Crippen molar-refractivity contribution in [1.82, 2.24) is 19.8 Å². The minimum Gasteiger partial charge on any atom is -0.495 e. The minimum absolute atomic E-state index is 0.00653. The summed E-state index contributed by atoms with van der Waals surface area (Å²) in [7, 11) is 5.29. The van der Waals surface area contributed by atoms with Crippen molar-refractivity contribution >= 4 is 23.3 Å². The van der Waals surface area contributed by atoms with Gasteiger partial charge in [-0.3, -0.25) is 9.59 Å². The van der Waals surface area contributed by atoms with Gasteiger partial charge < -0.3 is 19.9 Å². The van der Waals surface area contributed by atoms with Crippen molar-refractivity contribution in [2.45, 2.75) is 76.9 Å². The molecule has 1 N–H and O–H groups in total. The number of ketones is 1. The van der Waals surface area contributed by atoms with Crippen LogP contribution < -0.4 is 10.1 Å². The van der Waals surface area contributed by atoms with Crippen LogP contribution in [-0.4, -0.2) is 71.8 Å². The lowest BCUT2D eigenvalue weighted by Gasteiger charge is -2.38. The Morgan fingerprint density at radius 2 is 1.86 bits per heavy atom. The van der Waals surface area contributed by atoms with Crippen LogP contribution in [-0.2, 0) is 17.4 Å². The number of nitrogens with zero attached hydrogens (tertiary/aromatic N) is 4. The van der Waals surface area contributed by atoms with Gasteiger partial charge in [-0.05, 0) is 82.3 Å². The number of hydrogen-bond acceptors (Lipinski definition) is 7. The lowest BCUT2D eigenvalue weighted by Crippen LogP contribution is -2.44. The molecule has 1 saturated heterocycles. The molecule has 0 bridgehead atoms. The van der Waals surface area contributed by atoms with Crippen LogP contribution in [0.15, 0.2) is 24.4 Å². The zero-order valence-electron chi connectivity index (χ0n) is 25.0. The van der Waals surface area contributed by atoms with Crippen LogP contribution in [0.3, 0.4) is 0 Å². The Morgan fingerprint density at radius 3 is 2.52 bits per heavy atom. The number of anilines is 2. The van der Waals surface area contributed by atoms with Crippen molar-refractivity contribution in [2.75, 3.05) is 39.6 Å². The number of Topliss-reactive ketones (excluding diaryl/α,β-unsaturated/α-hetero) is 1. The van der Waals surface area contributed by atoms with E-state index in [0.29, 0.717) is 35.8 Å². The van der Waals surface area contributed by atoms with Gasteiger partial charge in [-0.2, -0.15) is 13.2 Å². The predicted octanol–water partition coefficient (Wildman–Crippen LogP) is 6.13. The summed E-state index contributed by atoms with van der Waals surface area (Å²) in [6.07, 6.45) is 2.37. The van der Waals surface area contributed by atoms with Gasteiger partial charge in [0.05, 0.1) is 24.1 Å². The zero-order chi connectivity index (χ0) is 30.4. The number of alkyl halides is 3. The number of methoxy groups -OCH3 is 1. The van der Waals surface area contributed by atoms with Crippen LogP contribution in [0.25, 0.3) is 0 Å². The highest BCUT2D eigenvalue weighted by molar-refractivity contribution is 5.97. The Balaban J connectivity index is 1.54. The van der Waals surface area contributed by atoms with E-state index in [1.165, 1.54) is 7.11 Å². The first-order valence-corrected chi connectivity index (χ1v) is 14.9. The molecule has 1 saturated carbocycles. The van der Waals surface area contributed by atoms with Crippen LogP contribution in [0.2, 0.25) is 0 Å². The first-order valence-electron chi connectivity index (χ1n) is 14.9. The number of halogens is 3. The maximum absolute atomic E-state index is 14.0. The van der Waals surface area contributed by atoms with Gasteiger partial charge in [0, 0.05) is 37.7 Å². The number of piperidine rings is 1. The topological polar surface area (TPSA) is 87.7 Å². The molecule has 1 aliphatic carbocycles. The summed E-state index contributed by atoms with van der Waals surface area (Å²) in [5.41, 5.74) is 0.00381. The molecule has 230 valence electrons. The number of hydrogen-bond donors (Lipinski definition) is 1. The number of aromatic nitrogens is 2. The lowest BCUT2D eigenvalue weighted by molar-refractivity contribution is -0.139. The van der Waals surface area contributed by atoms with Crippen LogP contribution in [0, 0.1) is 11.8 Å². The van der Waals surface area contributed by atoms with E-state index in [-0.39, 0.29) is 41.7 Å². The molecule has 1 aliphatic heterocycles. The fraction of sp³-hybridized carbons (Fsp3) is 0.613. The van der Waals surface area contributed by atoms with Gasteiger partial charge in [-0.25, -0.2) is 9.97 Å². The quantitative estimate of drug-likeness (QED) is 0.334. The predicted molar refractivity (Wildman–Crippen MR) is 155 cm³/mol. The molecule has 8 nitrogen and oxygen atoms in total. The summed E-state index contributed by atoms with van der Waals surface area (Å²) >= 11 is 0. The highest BCUT2D eigenvalue weighted by Crippen LogP contribution is 2.37. The van der Waals surface area contributed by atoms with Crippen molar-refractivity contribution in [1.29, 1.82) is 0 Å². The number of amides is 1. The second kappa shape index (κ2) is 13.8. The largest absolute Gasteiger partial charge is 0.495 e. The Morgan fingerprint density at radius 1 is 1.14 bits per heavy atom. The van der Waals surface area contributed by atoms with Crippen molar-refractivity contribution in [3.63, 3.8) is 0 Å². The summed E-state index contributed by atoms with van der Waals surface area (Å²) in [6.45, 7) is 3.75. The maximum atomic E-state index is 14.0. The SMILES string of the molecule is CCC(=O)N(C)[C@@H]1CCCC[C@H]1Cc1nc(Nc2ccc(C(=O)CC3CCN(C)CC3)cc2OC)ncc1C(F)(F)F. The number of nitrogens with one attached hydrogen (secondary N) is 1. The molecule has 0 spiro atoms. The summed E-state index contributed by atoms with van der Waals surface area (Å²) in [5.74, 6) is 0.602. The highest BCUT2D eigenvalue weighted by Gasteiger charge is 2.38. The maximum Gasteiger partial charge on any atom is 0.419 e. The Bertz CT molecular complexity index is 1250. The number of ether oxygens (including phenoxy) is 1. The molecule has 4 rings (SSSR count). The average molecular weight is 590 g/mol. The second-order valence-electron chi connectivity index (χ2n) is 11.6. The number of rotatable bonds is 10. The van der Waals surface area contributed by atoms with Gasteiger partial charge in [0.15, 0.2) is 5.78 Å². The summed E-state index contributed by atoms with van der Waals surface area (Å²) in [4.78, 5) is 37.7. The first-order chi connectivity index (χ1) is 20.0. The third kappa shape index (κ3) is 7.79. The molecule has 1 aromatic heterocycles. The number of benzene rings is 1. The van der Waals surface area contributed by atoms with Gasteiger partial charge >= 0.3 is 6.18 Å². The van der Waals surface area contributed by atoms with E-state index in [1.54, 1.807) is 37.1 Å². The van der Waals surface area contributed by atoms with E-state index < -0.39 is 11.7 Å². The Labute approximate surface area is 246 Å².